The van der Waals surface area contributed by atoms with Crippen LogP contribution in [0.1, 0.15) is 0 Å². The number of aromatic amines is 1. The molecule has 1 amide bonds. The Morgan fingerprint density at radius 3 is 3.06 bits per heavy atom. The van der Waals surface area contributed by atoms with Gasteiger partial charge in [-0.05, 0) is 18.2 Å². The Morgan fingerprint density at radius 1 is 1.56 bits per heavy atom. The van der Waals surface area contributed by atoms with Crippen molar-refractivity contribution in [2.45, 2.75) is 5.16 Å². The standard InChI is InChI=1S/C11H11ClN4OS/c12-8-2-1-7(5-9(8)13)16-10(17)6-18-11-14-3-4-15-11/h1-5H,6,13H2,(H,14,15)(H,16,17). The van der Waals surface area contributed by atoms with Gasteiger partial charge < -0.3 is 16.0 Å². The zero-order valence-corrected chi connectivity index (χ0v) is 10.9. The fourth-order valence-corrected chi connectivity index (χ4v) is 2.03. The minimum atomic E-state index is -0.127. The molecule has 1 heterocycles. The Labute approximate surface area is 113 Å². The molecule has 0 unspecified atom stereocenters. The number of halogens is 1. The number of benzene rings is 1. The normalized spacial score (nSPS) is 10.3. The molecule has 0 saturated carbocycles. The molecule has 1 aromatic heterocycles. The number of nitrogen functional groups attached to an aromatic ring is 1. The highest BCUT2D eigenvalue weighted by Gasteiger charge is 2.06. The van der Waals surface area contributed by atoms with Crippen molar-refractivity contribution in [1.82, 2.24) is 9.97 Å². The van der Waals surface area contributed by atoms with Crippen LogP contribution in [0.3, 0.4) is 0 Å². The molecule has 94 valence electrons. The van der Waals surface area contributed by atoms with E-state index in [-0.39, 0.29) is 11.7 Å². The molecule has 0 aliphatic rings. The molecule has 4 N–H and O–H groups in total. The summed E-state index contributed by atoms with van der Waals surface area (Å²) < 4.78 is 0. The predicted octanol–water partition coefficient (Wildman–Crippen LogP) is 2.38. The summed E-state index contributed by atoms with van der Waals surface area (Å²) in [5, 5.41) is 3.91. The number of thioether (sulfide) groups is 1. The number of carbonyl (C=O) groups is 1. The van der Waals surface area contributed by atoms with Gasteiger partial charge in [-0.25, -0.2) is 4.98 Å². The van der Waals surface area contributed by atoms with Gasteiger partial charge in [0.15, 0.2) is 5.16 Å². The maximum atomic E-state index is 11.7. The van der Waals surface area contributed by atoms with Crippen LogP contribution >= 0.6 is 23.4 Å². The SMILES string of the molecule is Nc1cc(NC(=O)CSc2ncc[nH]2)ccc1Cl. The molecule has 0 bridgehead atoms. The molecule has 2 aromatic rings. The Morgan fingerprint density at radius 2 is 2.39 bits per heavy atom. The van der Waals surface area contributed by atoms with Gasteiger partial charge in [-0.2, -0.15) is 0 Å². The maximum Gasteiger partial charge on any atom is 0.234 e. The molecular weight excluding hydrogens is 272 g/mol. The summed E-state index contributed by atoms with van der Waals surface area (Å²) in [4.78, 5) is 18.6. The lowest BCUT2D eigenvalue weighted by Crippen LogP contribution is -2.14. The van der Waals surface area contributed by atoms with Gasteiger partial charge in [0.1, 0.15) is 0 Å². The van der Waals surface area contributed by atoms with Crippen molar-refractivity contribution in [1.29, 1.82) is 0 Å². The van der Waals surface area contributed by atoms with E-state index in [0.29, 0.717) is 21.6 Å². The molecule has 0 aliphatic heterocycles. The van der Waals surface area contributed by atoms with E-state index in [9.17, 15) is 4.79 Å². The van der Waals surface area contributed by atoms with Gasteiger partial charge in [-0.3, -0.25) is 4.79 Å². The van der Waals surface area contributed by atoms with Crippen molar-refractivity contribution in [2.75, 3.05) is 16.8 Å². The van der Waals surface area contributed by atoms with Gasteiger partial charge in [0.25, 0.3) is 0 Å². The highest BCUT2D eigenvalue weighted by atomic mass is 35.5. The van der Waals surface area contributed by atoms with E-state index in [0.717, 1.165) is 0 Å². The first kappa shape index (κ1) is 12.8. The number of nitrogens with two attached hydrogens (primary N) is 1. The Balaban J connectivity index is 1.88. The van der Waals surface area contributed by atoms with Crippen molar-refractivity contribution in [3.05, 3.63) is 35.6 Å². The first-order chi connectivity index (χ1) is 8.65. The zero-order valence-electron chi connectivity index (χ0n) is 9.31. The van der Waals surface area contributed by atoms with Crippen molar-refractivity contribution < 1.29 is 4.79 Å². The molecule has 7 heteroatoms. The number of amides is 1. The van der Waals surface area contributed by atoms with Crippen LogP contribution in [-0.4, -0.2) is 21.6 Å². The minimum Gasteiger partial charge on any atom is -0.397 e. The molecule has 0 aliphatic carbocycles. The van der Waals surface area contributed by atoms with Gasteiger partial charge in [0.05, 0.1) is 16.5 Å². The van der Waals surface area contributed by atoms with Gasteiger partial charge in [0.2, 0.25) is 5.91 Å². The highest BCUT2D eigenvalue weighted by Crippen LogP contribution is 2.22. The Bertz CT molecular complexity index is 544. The molecule has 1 aromatic carbocycles. The number of H-pyrrole nitrogens is 1. The average molecular weight is 283 g/mol. The molecule has 0 radical (unpaired) electrons. The summed E-state index contributed by atoms with van der Waals surface area (Å²) in [7, 11) is 0. The largest absolute Gasteiger partial charge is 0.397 e. The van der Waals surface area contributed by atoms with Gasteiger partial charge in [0, 0.05) is 18.1 Å². The first-order valence-electron chi connectivity index (χ1n) is 5.12. The number of carbonyl (C=O) groups excluding carboxylic acids is 1. The molecule has 0 spiro atoms. The van der Waals surface area contributed by atoms with Gasteiger partial charge >= 0.3 is 0 Å². The summed E-state index contributed by atoms with van der Waals surface area (Å²) in [6.07, 6.45) is 3.35. The minimum absolute atomic E-state index is 0.127. The summed E-state index contributed by atoms with van der Waals surface area (Å²) >= 11 is 7.12. The third-order valence-electron chi connectivity index (χ3n) is 2.09. The van der Waals surface area contributed by atoms with Crippen LogP contribution < -0.4 is 11.1 Å². The number of hydrogen-bond acceptors (Lipinski definition) is 4. The quantitative estimate of drug-likeness (QED) is 0.594. The van der Waals surface area contributed by atoms with Crippen LogP contribution in [0.4, 0.5) is 11.4 Å². The van der Waals surface area contributed by atoms with Crippen molar-refractivity contribution >= 4 is 40.6 Å². The van der Waals surface area contributed by atoms with Crippen LogP contribution in [0.5, 0.6) is 0 Å². The smallest absolute Gasteiger partial charge is 0.234 e. The lowest BCUT2D eigenvalue weighted by atomic mass is 10.3. The number of aromatic nitrogens is 2. The molecule has 2 rings (SSSR count). The van der Waals surface area contributed by atoms with E-state index >= 15 is 0 Å². The number of imidazole rings is 1. The maximum absolute atomic E-state index is 11.7. The second-order valence-electron chi connectivity index (χ2n) is 3.47. The fraction of sp³-hybridized carbons (Fsp3) is 0.0909. The highest BCUT2D eigenvalue weighted by molar-refractivity contribution is 7.99. The molecular formula is C11H11ClN4OS. The number of rotatable bonds is 4. The molecule has 18 heavy (non-hydrogen) atoms. The number of hydrogen-bond donors (Lipinski definition) is 3. The summed E-state index contributed by atoms with van der Waals surface area (Å²) in [5.41, 5.74) is 6.71. The fourth-order valence-electron chi connectivity index (χ4n) is 1.28. The number of anilines is 2. The second kappa shape index (κ2) is 5.79. The van der Waals surface area contributed by atoms with E-state index in [4.69, 9.17) is 17.3 Å². The topological polar surface area (TPSA) is 83.8 Å². The number of nitrogens with zero attached hydrogens (tertiary/aromatic N) is 1. The van der Waals surface area contributed by atoms with Crippen molar-refractivity contribution in [3.63, 3.8) is 0 Å². The van der Waals surface area contributed by atoms with Crippen LogP contribution in [0.15, 0.2) is 35.7 Å². The monoisotopic (exact) mass is 282 g/mol. The van der Waals surface area contributed by atoms with Crippen LogP contribution in [-0.2, 0) is 4.79 Å². The van der Waals surface area contributed by atoms with Crippen LogP contribution in [0.25, 0.3) is 0 Å². The van der Waals surface area contributed by atoms with E-state index in [1.165, 1.54) is 11.8 Å². The summed E-state index contributed by atoms with van der Waals surface area (Å²) in [6.45, 7) is 0. The molecule has 5 nitrogen and oxygen atoms in total. The van der Waals surface area contributed by atoms with Gasteiger partial charge in [-0.1, -0.05) is 23.4 Å². The first-order valence-corrected chi connectivity index (χ1v) is 6.48. The van der Waals surface area contributed by atoms with E-state index in [1.807, 2.05) is 0 Å². The van der Waals surface area contributed by atoms with Crippen molar-refractivity contribution in [2.24, 2.45) is 0 Å². The third-order valence-corrected chi connectivity index (χ3v) is 3.34. The van der Waals surface area contributed by atoms with E-state index in [2.05, 4.69) is 15.3 Å². The number of nitrogens with one attached hydrogen (secondary N) is 2. The van der Waals surface area contributed by atoms with E-state index in [1.54, 1.807) is 30.6 Å². The Hall–Kier alpha value is -1.66. The van der Waals surface area contributed by atoms with Crippen molar-refractivity contribution in [3.8, 4) is 0 Å². The lowest BCUT2D eigenvalue weighted by Gasteiger charge is -2.06. The van der Waals surface area contributed by atoms with E-state index < -0.39 is 0 Å². The molecule has 0 atom stereocenters. The average Bonchev–Trinajstić information content (AvgIpc) is 2.84. The molecule has 0 fully saturated rings. The van der Waals surface area contributed by atoms with Crippen LogP contribution in [0, 0.1) is 0 Å². The summed E-state index contributed by atoms with van der Waals surface area (Å²) in [5.74, 6) is 0.147. The lowest BCUT2D eigenvalue weighted by molar-refractivity contribution is -0.113. The zero-order chi connectivity index (χ0) is 13.0. The Kier molecular flexibility index (Phi) is 4.11. The molecule has 0 saturated heterocycles. The third kappa shape index (κ3) is 3.41. The second-order valence-corrected chi connectivity index (χ2v) is 4.84. The van der Waals surface area contributed by atoms with Crippen LogP contribution in [0.2, 0.25) is 5.02 Å². The van der Waals surface area contributed by atoms with Gasteiger partial charge in [-0.15, -0.1) is 0 Å². The summed E-state index contributed by atoms with van der Waals surface area (Å²) in [6, 6.07) is 4.97. The predicted molar refractivity (Wildman–Crippen MR) is 73.8 cm³/mol.